The molecule has 1 aliphatic rings. The molecule has 1 fully saturated rings. The maximum Gasteiger partial charge on any atom is 0.327 e. The molecule has 5 nitrogen and oxygen atoms in total. The largest absolute Gasteiger partial charge is 0.493 e. The second-order valence-electron chi connectivity index (χ2n) is 4.85. The van der Waals surface area contributed by atoms with Gasteiger partial charge in [-0.25, -0.2) is 4.79 Å². The van der Waals surface area contributed by atoms with E-state index in [0.717, 1.165) is 22.9 Å². The number of hydrogen-bond donors (Lipinski definition) is 1. The minimum Gasteiger partial charge on any atom is -0.493 e. The van der Waals surface area contributed by atoms with Gasteiger partial charge >= 0.3 is 5.97 Å². The number of halogens is 1. The molecular weight excluding hydrogens is 338 g/mol. The first-order valence-electron chi connectivity index (χ1n) is 6.94. The zero-order valence-electron chi connectivity index (χ0n) is 12.4. The molecule has 0 radical (unpaired) electrons. The topological polar surface area (TPSA) is 56.8 Å². The van der Waals surface area contributed by atoms with Crippen LogP contribution in [0.15, 0.2) is 16.6 Å². The summed E-state index contributed by atoms with van der Waals surface area (Å²) in [5.41, 5.74) is 0.790. The quantitative estimate of drug-likeness (QED) is 0.760. The fourth-order valence-electron chi connectivity index (χ4n) is 2.09. The van der Waals surface area contributed by atoms with Crippen LogP contribution in [0.1, 0.15) is 31.4 Å². The van der Waals surface area contributed by atoms with Crippen LogP contribution >= 0.6 is 15.9 Å². The first-order chi connectivity index (χ1) is 10.1. The lowest BCUT2D eigenvalue weighted by atomic mass is 10.1. The van der Waals surface area contributed by atoms with Crippen molar-refractivity contribution in [1.29, 1.82) is 0 Å². The van der Waals surface area contributed by atoms with Gasteiger partial charge in [0.15, 0.2) is 11.5 Å². The van der Waals surface area contributed by atoms with Crippen LogP contribution in [0.4, 0.5) is 0 Å². The van der Waals surface area contributed by atoms with E-state index < -0.39 is 6.04 Å². The molecule has 0 heterocycles. The van der Waals surface area contributed by atoms with Crippen molar-refractivity contribution in [3.8, 4) is 11.5 Å². The van der Waals surface area contributed by atoms with E-state index in [1.807, 2.05) is 0 Å². The van der Waals surface area contributed by atoms with Crippen molar-refractivity contribution in [2.45, 2.75) is 31.8 Å². The van der Waals surface area contributed by atoms with Crippen LogP contribution in [0.2, 0.25) is 0 Å². The monoisotopic (exact) mass is 357 g/mol. The van der Waals surface area contributed by atoms with E-state index in [1.165, 1.54) is 0 Å². The van der Waals surface area contributed by atoms with Crippen LogP contribution in [0.5, 0.6) is 11.5 Å². The third kappa shape index (κ3) is 3.89. The molecular formula is C15H20BrNO4. The summed E-state index contributed by atoms with van der Waals surface area (Å²) in [5, 5.41) is 3.32. The minimum absolute atomic E-state index is 0.280. The van der Waals surface area contributed by atoms with Crippen molar-refractivity contribution in [2.24, 2.45) is 0 Å². The van der Waals surface area contributed by atoms with E-state index in [0.29, 0.717) is 24.1 Å². The zero-order chi connectivity index (χ0) is 15.4. The highest BCUT2D eigenvalue weighted by Gasteiger charge is 2.32. The second-order valence-corrected chi connectivity index (χ2v) is 5.71. The van der Waals surface area contributed by atoms with Crippen LogP contribution in [-0.4, -0.2) is 32.8 Å². The number of benzene rings is 1. The highest BCUT2D eigenvalue weighted by Crippen LogP contribution is 2.37. The molecule has 1 N–H and O–H groups in total. The van der Waals surface area contributed by atoms with Crippen LogP contribution < -0.4 is 14.8 Å². The number of ether oxygens (including phenoxy) is 3. The van der Waals surface area contributed by atoms with Crippen LogP contribution in [0.3, 0.4) is 0 Å². The Balaban J connectivity index is 2.35. The number of nitrogens with one attached hydrogen (secondary N) is 1. The summed E-state index contributed by atoms with van der Waals surface area (Å²) >= 11 is 3.50. The van der Waals surface area contributed by atoms with Crippen molar-refractivity contribution >= 4 is 21.9 Å². The molecule has 0 spiro atoms. The Morgan fingerprint density at radius 1 is 1.33 bits per heavy atom. The fourth-order valence-corrected chi connectivity index (χ4v) is 2.64. The van der Waals surface area contributed by atoms with Gasteiger partial charge in [-0.1, -0.05) is 15.9 Å². The molecule has 1 aromatic carbocycles. The number of esters is 1. The van der Waals surface area contributed by atoms with Crippen molar-refractivity contribution < 1.29 is 19.0 Å². The van der Waals surface area contributed by atoms with Gasteiger partial charge in [-0.05, 0) is 37.5 Å². The van der Waals surface area contributed by atoms with Crippen LogP contribution in [-0.2, 0) is 9.53 Å². The molecule has 116 valence electrons. The van der Waals surface area contributed by atoms with Gasteiger partial charge < -0.3 is 14.2 Å². The van der Waals surface area contributed by atoms with Crippen LogP contribution in [0, 0.1) is 0 Å². The molecule has 1 saturated carbocycles. The van der Waals surface area contributed by atoms with Gasteiger partial charge in [-0.3, -0.25) is 5.32 Å². The SMILES string of the molecule is CCOC(=O)C(NC1CC1)c1cc(OC)c(OC)cc1Br. The number of carbonyl (C=O) groups is 1. The average Bonchev–Trinajstić information content (AvgIpc) is 3.29. The molecule has 1 aromatic rings. The van der Waals surface area contributed by atoms with Gasteiger partial charge in [-0.2, -0.15) is 0 Å². The Bertz CT molecular complexity index is 517. The summed E-state index contributed by atoms with van der Waals surface area (Å²) in [5.74, 6) is 0.919. The highest BCUT2D eigenvalue weighted by atomic mass is 79.9. The number of methoxy groups -OCH3 is 2. The van der Waals surface area contributed by atoms with Crippen LogP contribution in [0.25, 0.3) is 0 Å². The standard InChI is InChI=1S/C15H20BrNO4/c1-4-21-15(18)14(17-9-5-6-9)10-7-12(19-2)13(20-3)8-11(10)16/h7-9,14,17H,4-6H2,1-3H3. The molecule has 1 atom stereocenters. The molecule has 2 rings (SSSR count). The smallest absolute Gasteiger partial charge is 0.327 e. The van der Waals surface area contributed by atoms with E-state index in [1.54, 1.807) is 33.3 Å². The minimum atomic E-state index is -0.508. The predicted molar refractivity (Wildman–Crippen MR) is 82.8 cm³/mol. The van der Waals surface area contributed by atoms with Gasteiger partial charge in [0.2, 0.25) is 0 Å². The summed E-state index contributed by atoms with van der Waals surface area (Å²) < 4.78 is 16.5. The molecule has 1 aliphatic carbocycles. The maximum atomic E-state index is 12.2. The molecule has 0 saturated heterocycles. The Hall–Kier alpha value is -1.27. The lowest BCUT2D eigenvalue weighted by Gasteiger charge is -2.20. The van der Waals surface area contributed by atoms with Gasteiger partial charge in [-0.15, -0.1) is 0 Å². The summed E-state index contributed by atoms with van der Waals surface area (Å²) in [6.45, 7) is 2.16. The summed E-state index contributed by atoms with van der Waals surface area (Å²) in [7, 11) is 3.15. The molecule has 1 unspecified atom stereocenters. The molecule has 0 aliphatic heterocycles. The van der Waals surface area contributed by atoms with Gasteiger partial charge in [0.05, 0.1) is 20.8 Å². The summed E-state index contributed by atoms with van der Waals surface area (Å²) in [4.78, 5) is 12.2. The van der Waals surface area contributed by atoms with E-state index in [9.17, 15) is 4.79 Å². The second kappa shape index (κ2) is 7.13. The number of carbonyl (C=O) groups excluding carboxylic acids is 1. The number of rotatable bonds is 7. The highest BCUT2D eigenvalue weighted by molar-refractivity contribution is 9.10. The van der Waals surface area contributed by atoms with Crippen molar-refractivity contribution in [2.75, 3.05) is 20.8 Å². The molecule has 0 bridgehead atoms. The zero-order valence-corrected chi connectivity index (χ0v) is 14.0. The summed E-state index contributed by atoms with van der Waals surface area (Å²) in [6, 6.07) is 3.47. The van der Waals surface area contributed by atoms with Gasteiger partial charge in [0.1, 0.15) is 6.04 Å². The lowest BCUT2D eigenvalue weighted by Crippen LogP contribution is -2.32. The lowest BCUT2D eigenvalue weighted by molar-refractivity contribution is -0.145. The third-order valence-corrected chi connectivity index (χ3v) is 4.00. The Morgan fingerprint density at radius 3 is 2.48 bits per heavy atom. The number of hydrogen-bond acceptors (Lipinski definition) is 5. The van der Waals surface area contributed by atoms with Crippen molar-refractivity contribution in [1.82, 2.24) is 5.32 Å². The molecule has 21 heavy (non-hydrogen) atoms. The van der Waals surface area contributed by atoms with E-state index in [-0.39, 0.29) is 5.97 Å². The van der Waals surface area contributed by atoms with E-state index in [2.05, 4.69) is 21.2 Å². The Kier molecular flexibility index (Phi) is 5.47. The third-order valence-electron chi connectivity index (χ3n) is 3.32. The van der Waals surface area contributed by atoms with Crippen molar-refractivity contribution in [3.05, 3.63) is 22.2 Å². The Labute approximate surface area is 133 Å². The maximum absolute atomic E-state index is 12.2. The first-order valence-corrected chi connectivity index (χ1v) is 7.74. The van der Waals surface area contributed by atoms with E-state index >= 15 is 0 Å². The summed E-state index contributed by atoms with van der Waals surface area (Å²) in [6.07, 6.45) is 2.17. The molecule has 0 amide bonds. The fraction of sp³-hybridized carbons (Fsp3) is 0.533. The van der Waals surface area contributed by atoms with Gasteiger partial charge in [0, 0.05) is 10.5 Å². The van der Waals surface area contributed by atoms with Gasteiger partial charge in [0.25, 0.3) is 0 Å². The van der Waals surface area contributed by atoms with E-state index in [4.69, 9.17) is 14.2 Å². The first kappa shape index (κ1) is 16.1. The normalized spacial score (nSPS) is 15.4. The molecule has 0 aromatic heterocycles. The Morgan fingerprint density at radius 2 is 1.95 bits per heavy atom. The molecule has 6 heteroatoms. The average molecular weight is 358 g/mol. The van der Waals surface area contributed by atoms with Crippen molar-refractivity contribution in [3.63, 3.8) is 0 Å². The predicted octanol–water partition coefficient (Wildman–Crippen LogP) is 2.82.